The zero-order chi connectivity index (χ0) is 20.8. The lowest BCUT2D eigenvalue weighted by Crippen LogP contribution is -2.52. The molecule has 28 heavy (non-hydrogen) atoms. The molecule has 1 aromatic carbocycles. The van der Waals surface area contributed by atoms with E-state index in [1.54, 1.807) is 23.6 Å². The Bertz CT molecular complexity index is 877. The standard InChI is InChI=1S/C20H25N5O2S/c1-12(2)25(13(3)4)14(5)22-19(27)17-11-28-20(23-17)24-18(26)16-8-6-7-15(9-16)10-21/h6-9,11-14H,1-5H3,(H,22,27)(H,23,24,26). The molecule has 0 fully saturated rings. The van der Waals surface area contributed by atoms with Crippen LogP contribution in [0.1, 0.15) is 61.0 Å². The number of anilines is 1. The molecule has 0 saturated heterocycles. The molecule has 0 aliphatic rings. The number of carbonyl (C=O) groups excluding carboxylic acids is 2. The van der Waals surface area contributed by atoms with Crippen molar-refractivity contribution in [1.82, 2.24) is 15.2 Å². The Labute approximate surface area is 169 Å². The molecule has 1 aromatic heterocycles. The lowest BCUT2D eigenvalue weighted by molar-refractivity contribution is 0.0732. The highest BCUT2D eigenvalue weighted by Gasteiger charge is 2.23. The van der Waals surface area contributed by atoms with Crippen molar-refractivity contribution >= 4 is 28.3 Å². The predicted octanol–water partition coefficient (Wildman–Crippen LogP) is 3.46. The van der Waals surface area contributed by atoms with Crippen LogP contribution >= 0.6 is 11.3 Å². The summed E-state index contributed by atoms with van der Waals surface area (Å²) < 4.78 is 0. The fourth-order valence-electron chi connectivity index (χ4n) is 3.16. The molecule has 2 amide bonds. The monoisotopic (exact) mass is 399 g/mol. The molecular weight excluding hydrogens is 374 g/mol. The predicted molar refractivity (Wildman–Crippen MR) is 110 cm³/mol. The summed E-state index contributed by atoms with van der Waals surface area (Å²) in [6.45, 7) is 10.3. The molecule has 0 spiro atoms. The molecule has 0 aliphatic heterocycles. The molecule has 8 heteroatoms. The van der Waals surface area contributed by atoms with E-state index in [2.05, 4.69) is 48.2 Å². The number of rotatable bonds is 7. The van der Waals surface area contributed by atoms with E-state index < -0.39 is 0 Å². The number of nitrogens with zero attached hydrogens (tertiary/aromatic N) is 3. The fourth-order valence-corrected chi connectivity index (χ4v) is 3.85. The number of hydrogen-bond acceptors (Lipinski definition) is 6. The lowest BCUT2D eigenvalue weighted by atomic mass is 10.1. The van der Waals surface area contributed by atoms with Crippen molar-refractivity contribution in [3.63, 3.8) is 0 Å². The van der Waals surface area contributed by atoms with Gasteiger partial charge in [-0.05, 0) is 52.8 Å². The van der Waals surface area contributed by atoms with Gasteiger partial charge in [0.1, 0.15) is 5.69 Å². The fraction of sp³-hybridized carbons (Fsp3) is 0.400. The van der Waals surface area contributed by atoms with E-state index in [0.717, 1.165) is 0 Å². The zero-order valence-corrected chi connectivity index (χ0v) is 17.5. The van der Waals surface area contributed by atoms with E-state index in [0.29, 0.717) is 16.3 Å². The molecule has 148 valence electrons. The Balaban J connectivity index is 2.03. The van der Waals surface area contributed by atoms with E-state index in [1.165, 1.54) is 17.4 Å². The van der Waals surface area contributed by atoms with E-state index in [-0.39, 0.29) is 35.8 Å². The van der Waals surface area contributed by atoms with E-state index in [9.17, 15) is 9.59 Å². The Morgan fingerprint density at radius 2 is 1.82 bits per heavy atom. The molecule has 0 radical (unpaired) electrons. The average Bonchev–Trinajstić information content (AvgIpc) is 3.09. The minimum absolute atomic E-state index is 0.152. The number of nitrogens with one attached hydrogen (secondary N) is 2. The summed E-state index contributed by atoms with van der Waals surface area (Å²) in [5.74, 6) is -0.667. The van der Waals surface area contributed by atoms with Crippen molar-refractivity contribution in [2.45, 2.75) is 52.9 Å². The number of carbonyl (C=O) groups is 2. The molecule has 0 bridgehead atoms. The summed E-state index contributed by atoms with van der Waals surface area (Å²) in [6, 6.07) is 8.95. The molecule has 2 rings (SSSR count). The van der Waals surface area contributed by atoms with Crippen LogP contribution in [0.2, 0.25) is 0 Å². The number of amides is 2. The molecule has 2 N–H and O–H groups in total. The van der Waals surface area contributed by atoms with E-state index >= 15 is 0 Å². The van der Waals surface area contributed by atoms with Crippen molar-refractivity contribution in [2.75, 3.05) is 5.32 Å². The van der Waals surface area contributed by atoms with Gasteiger partial charge in [-0.2, -0.15) is 5.26 Å². The van der Waals surface area contributed by atoms with Crippen molar-refractivity contribution in [2.24, 2.45) is 0 Å². The topological polar surface area (TPSA) is 98.1 Å². The van der Waals surface area contributed by atoms with Gasteiger partial charge in [-0.25, -0.2) is 4.98 Å². The number of thiazole rings is 1. The van der Waals surface area contributed by atoms with Gasteiger partial charge in [0.25, 0.3) is 11.8 Å². The maximum absolute atomic E-state index is 12.5. The van der Waals surface area contributed by atoms with Gasteiger partial charge >= 0.3 is 0 Å². The van der Waals surface area contributed by atoms with Crippen molar-refractivity contribution in [3.8, 4) is 6.07 Å². The minimum Gasteiger partial charge on any atom is -0.335 e. The lowest BCUT2D eigenvalue weighted by Gasteiger charge is -2.36. The maximum atomic E-state index is 12.5. The van der Waals surface area contributed by atoms with Gasteiger partial charge < -0.3 is 5.32 Å². The van der Waals surface area contributed by atoms with Crippen molar-refractivity contribution in [1.29, 1.82) is 5.26 Å². The van der Waals surface area contributed by atoms with Crippen LogP contribution < -0.4 is 10.6 Å². The van der Waals surface area contributed by atoms with Crippen LogP contribution in [-0.2, 0) is 0 Å². The number of hydrogen-bond donors (Lipinski definition) is 2. The molecule has 0 aliphatic carbocycles. The molecule has 0 saturated carbocycles. The van der Waals surface area contributed by atoms with Crippen LogP contribution in [0.15, 0.2) is 29.6 Å². The molecule has 1 heterocycles. The molecule has 1 atom stereocenters. The number of nitriles is 1. The highest BCUT2D eigenvalue weighted by Crippen LogP contribution is 2.17. The maximum Gasteiger partial charge on any atom is 0.272 e. The summed E-state index contributed by atoms with van der Waals surface area (Å²) in [7, 11) is 0. The first-order valence-corrected chi connectivity index (χ1v) is 9.96. The summed E-state index contributed by atoms with van der Waals surface area (Å²) in [4.78, 5) is 31.2. The summed E-state index contributed by atoms with van der Waals surface area (Å²) in [5.41, 5.74) is 1.02. The van der Waals surface area contributed by atoms with Crippen LogP contribution in [-0.4, -0.2) is 39.9 Å². The second kappa shape index (κ2) is 9.44. The van der Waals surface area contributed by atoms with Crippen molar-refractivity contribution < 1.29 is 9.59 Å². The smallest absolute Gasteiger partial charge is 0.272 e. The Kier molecular flexibility index (Phi) is 7.26. The van der Waals surface area contributed by atoms with Crippen molar-refractivity contribution in [3.05, 3.63) is 46.5 Å². The normalized spacial score (nSPS) is 12.1. The van der Waals surface area contributed by atoms with Crippen LogP contribution in [0.4, 0.5) is 5.13 Å². The van der Waals surface area contributed by atoms with Gasteiger partial charge in [0, 0.05) is 23.0 Å². The summed E-state index contributed by atoms with van der Waals surface area (Å²) >= 11 is 1.18. The van der Waals surface area contributed by atoms with Gasteiger partial charge in [0.15, 0.2) is 5.13 Å². The molecule has 7 nitrogen and oxygen atoms in total. The summed E-state index contributed by atoms with van der Waals surface area (Å²) in [6.07, 6.45) is -0.152. The van der Waals surface area contributed by atoms with E-state index in [4.69, 9.17) is 5.26 Å². The summed E-state index contributed by atoms with van der Waals surface area (Å²) in [5, 5.41) is 16.5. The van der Waals surface area contributed by atoms with Gasteiger partial charge in [0.05, 0.1) is 17.8 Å². The Morgan fingerprint density at radius 3 is 2.43 bits per heavy atom. The third-order valence-electron chi connectivity index (χ3n) is 4.19. The van der Waals surface area contributed by atoms with Crippen LogP contribution in [0.25, 0.3) is 0 Å². The number of aromatic nitrogens is 1. The van der Waals surface area contributed by atoms with Crippen LogP contribution in [0.3, 0.4) is 0 Å². The number of benzene rings is 1. The largest absolute Gasteiger partial charge is 0.335 e. The third-order valence-corrected chi connectivity index (χ3v) is 4.95. The third kappa shape index (κ3) is 5.38. The van der Waals surface area contributed by atoms with Gasteiger partial charge in [-0.15, -0.1) is 11.3 Å². The van der Waals surface area contributed by atoms with Crippen LogP contribution in [0.5, 0.6) is 0 Å². The zero-order valence-electron chi connectivity index (χ0n) is 16.7. The first-order valence-electron chi connectivity index (χ1n) is 9.08. The van der Waals surface area contributed by atoms with Gasteiger partial charge in [-0.3, -0.25) is 19.8 Å². The Morgan fingerprint density at radius 1 is 1.14 bits per heavy atom. The first kappa shape index (κ1) is 21.5. The van der Waals surface area contributed by atoms with Crippen LogP contribution in [0, 0.1) is 11.3 Å². The minimum atomic E-state index is -0.377. The highest BCUT2D eigenvalue weighted by molar-refractivity contribution is 7.14. The van der Waals surface area contributed by atoms with Gasteiger partial charge in [-0.1, -0.05) is 6.07 Å². The molecule has 2 aromatic rings. The molecule has 1 unspecified atom stereocenters. The van der Waals surface area contributed by atoms with E-state index in [1.807, 2.05) is 13.0 Å². The second-order valence-corrected chi connectivity index (χ2v) is 7.83. The first-order chi connectivity index (χ1) is 13.2. The SMILES string of the molecule is CC(C)N(C(C)C)C(C)NC(=O)c1csc(NC(=O)c2cccc(C#N)c2)n1. The quantitative estimate of drug-likeness (QED) is 0.695. The Hall–Kier alpha value is -2.76. The second-order valence-electron chi connectivity index (χ2n) is 6.97. The average molecular weight is 400 g/mol. The highest BCUT2D eigenvalue weighted by atomic mass is 32.1. The molecular formula is C20H25N5O2S. The van der Waals surface area contributed by atoms with Gasteiger partial charge in [0.2, 0.25) is 0 Å².